The second-order valence-corrected chi connectivity index (χ2v) is 1.34. The van der Waals surface area contributed by atoms with Gasteiger partial charge >= 0.3 is 0 Å². The summed E-state index contributed by atoms with van der Waals surface area (Å²) in [4.78, 5) is 0. The first kappa shape index (κ1) is 9.58. The van der Waals surface area contributed by atoms with Gasteiger partial charge in [-0.3, -0.25) is 5.41 Å². The topological polar surface area (TPSA) is 23.9 Å². The Morgan fingerprint density at radius 1 is 1.83 bits per heavy atom. The highest BCUT2D eigenvalue weighted by Crippen LogP contribution is 1.81. The molecule has 6 heavy (non-hydrogen) atoms. The first-order valence-corrected chi connectivity index (χ1v) is 1.98. The molecule has 0 aromatic carbocycles. The van der Waals surface area contributed by atoms with E-state index in [2.05, 4.69) is 12.6 Å². The number of hydrogen-bond acceptors (Lipinski definition) is 1. The SMILES string of the molecule is CCC(=N)S.Cl. The summed E-state index contributed by atoms with van der Waals surface area (Å²) in [5.74, 6) is 0. The molecule has 0 aliphatic rings. The zero-order valence-electron chi connectivity index (χ0n) is 3.56. The summed E-state index contributed by atoms with van der Waals surface area (Å²) in [6.45, 7) is 1.90. The fourth-order valence-corrected chi connectivity index (χ4v) is 0. The van der Waals surface area contributed by atoms with Gasteiger partial charge in [-0.25, -0.2) is 0 Å². The van der Waals surface area contributed by atoms with E-state index in [4.69, 9.17) is 5.41 Å². The van der Waals surface area contributed by atoms with Crippen LogP contribution in [0.25, 0.3) is 0 Å². The summed E-state index contributed by atoms with van der Waals surface area (Å²) in [5.41, 5.74) is 0. The Labute approximate surface area is 49.5 Å². The Morgan fingerprint density at radius 2 is 2.00 bits per heavy atom. The quantitative estimate of drug-likeness (QED) is 0.303. The normalized spacial score (nSPS) is 6.33. The molecule has 0 unspecified atom stereocenters. The molecule has 0 bridgehead atoms. The van der Waals surface area contributed by atoms with Crippen molar-refractivity contribution in [3.63, 3.8) is 0 Å². The minimum Gasteiger partial charge on any atom is -0.299 e. The van der Waals surface area contributed by atoms with Crippen molar-refractivity contribution in [2.24, 2.45) is 0 Å². The Balaban J connectivity index is 0. The molecule has 1 N–H and O–H groups in total. The molecule has 0 amide bonds. The summed E-state index contributed by atoms with van der Waals surface area (Å²) < 4.78 is 0. The van der Waals surface area contributed by atoms with Crippen LogP contribution < -0.4 is 0 Å². The zero-order chi connectivity index (χ0) is 4.28. The number of nitrogens with one attached hydrogen (secondary N) is 1. The van der Waals surface area contributed by atoms with Crippen molar-refractivity contribution >= 4 is 30.1 Å². The lowest BCUT2D eigenvalue weighted by atomic mass is 10.5. The van der Waals surface area contributed by atoms with Crippen molar-refractivity contribution in [1.82, 2.24) is 0 Å². The average molecular weight is 126 g/mol. The lowest BCUT2D eigenvalue weighted by Gasteiger charge is -1.76. The van der Waals surface area contributed by atoms with Gasteiger partial charge < -0.3 is 0 Å². The van der Waals surface area contributed by atoms with Crippen molar-refractivity contribution in [3.05, 3.63) is 0 Å². The van der Waals surface area contributed by atoms with Crippen LogP contribution in [-0.2, 0) is 0 Å². The van der Waals surface area contributed by atoms with Crippen LogP contribution in [0.15, 0.2) is 0 Å². The molecule has 3 heteroatoms. The molecule has 0 spiro atoms. The third kappa shape index (κ3) is 8.85. The zero-order valence-corrected chi connectivity index (χ0v) is 5.27. The van der Waals surface area contributed by atoms with Gasteiger partial charge in [-0.15, -0.1) is 25.0 Å². The van der Waals surface area contributed by atoms with Crippen LogP contribution in [0.2, 0.25) is 0 Å². The highest BCUT2D eigenvalue weighted by atomic mass is 35.5. The molecular formula is C3H8ClNS. The summed E-state index contributed by atoms with van der Waals surface area (Å²) in [6, 6.07) is 0. The van der Waals surface area contributed by atoms with E-state index in [1.807, 2.05) is 6.92 Å². The third-order valence-electron chi connectivity index (χ3n) is 0.335. The second kappa shape index (κ2) is 5.31. The molecule has 0 saturated carbocycles. The number of thiol groups is 1. The van der Waals surface area contributed by atoms with Crippen LogP contribution in [0.1, 0.15) is 13.3 Å². The highest BCUT2D eigenvalue weighted by molar-refractivity contribution is 7.96. The van der Waals surface area contributed by atoms with Crippen LogP contribution >= 0.6 is 25.0 Å². The molecule has 0 aliphatic heterocycles. The maximum Gasteiger partial charge on any atom is 0.0608 e. The van der Waals surface area contributed by atoms with Gasteiger partial charge in [0.05, 0.1) is 5.04 Å². The van der Waals surface area contributed by atoms with Crippen LogP contribution in [-0.4, -0.2) is 5.04 Å². The Hall–Kier alpha value is 0.310. The number of halogens is 1. The Kier molecular flexibility index (Phi) is 8.48. The van der Waals surface area contributed by atoms with Gasteiger partial charge in [0.25, 0.3) is 0 Å². The predicted octanol–water partition coefficient (Wildman–Crippen LogP) is 1.73. The maximum absolute atomic E-state index is 6.61. The summed E-state index contributed by atoms with van der Waals surface area (Å²) >= 11 is 3.68. The molecule has 1 nitrogen and oxygen atoms in total. The van der Waals surface area contributed by atoms with Gasteiger partial charge in [0.2, 0.25) is 0 Å². The van der Waals surface area contributed by atoms with E-state index in [0.29, 0.717) is 5.04 Å². The lowest BCUT2D eigenvalue weighted by molar-refractivity contribution is 1.28. The Bertz CT molecular complexity index is 46.1. The van der Waals surface area contributed by atoms with E-state index in [9.17, 15) is 0 Å². The molecule has 0 atom stereocenters. The summed E-state index contributed by atoms with van der Waals surface area (Å²) in [6.07, 6.45) is 0.753. The molecule has 38 valence electrons. The standard InChI is InChI=1S/C3H7NS.ClH/c1-2-3(4)5;/h2H2,1H3,(H2,4,5);1H. The van der Waals surface area contributed by atoms with Gasteiger partial charge in [-0.05, 0) is 6.42 Å². The van der Waals surface area contributed by atoms with Crippen molar-refractivity contribution in [1.29, 1.82) is 5.41 Å². The van der Waals surface area contributed by atoms with E-state index < -0.39 is 0 Å². The van der Waals surface area contributed by atoms with Crippen LogP contribution in [0.3, 0.4) is 0 Å². The number of hydrogen-bond donors (Lipinski definition) is 2. The van der Waals surface area contributed by atoms with E-state index >= 15 is 0 Å². The molecule has 0 fully saturated rings. The molecule has 0 rings (SSSR count). The van der Waals surface area contributed by atoms with Gasteiger partial charge in [-0.2, -0.15) is 0 Å². The fraction of sp³-hybridized carbons (Fsp3) is 0.667. The average Bonchev–Trinajstić information content (AvgIpc) is 1.38. The molecule has 0 radical (unpaired) electrons. The smallest absolute Gasteiger partial charge is 0.0608 e. The summed E-state index contributed by atoms with van der Waals surface area (Å²) in [7, 11) is 0. The first-order valence-electron chi connectivity index (χ1n) is 1.53. The summed E-state index contributed by atoms with van der Waals surface area (Å²) in [5, 5.41) is 7.06. The van der Waals surface area contributed by atoms with Crippen molar-refractivity contribution in [2.45, 2.75) is 13.3 Å². The second-order valence-electron chi connectivity index (χ2n) is 0.800. The predicted molar refractivity (Wildman–Crippen MR) is 34.3 cm³/mol. The molecule has 0 saturated heterocycles. The van der Waals surface area contributed by atoms with Gasteiger partial charge in [0.1, 0.15) is 0 Å². The number of rotatable bonds is 1. The van der Waals surface area contributed by atoms with E-state index in [-0.39, 0.29) is 12.4 Å². The largest absolute Gasteiger partial charge is 0.299 e. The lowest BCUT2D eigenvalue weighted by Crippen LogP contribution is -1.72. The minimum absolute atomic E-state index is 0. The fourth-order valence-electron chi connectivity index (χ4n) is 0. The third-order valence-corrected chi connectivity index (χ3v) is 0.651. The first-order chi connectivity index (χ1) is 2.27. The monoisotopic (exact) mass is 125 g/mol. The van der Waals surface area contributed by atoms with Crippen LogP contribution in [0, 0.1) is 5.41 Å². The highest BCUT2D eigenvalue weighted by Gasteiger charge is 1.72. The van der Waals surface area contributed by atoms with Crippen LogP contribution in [0.4, 0.5) is 0 Å². The maximum atomic E-state index is 6.61. The van der Waals surface area contributed by atoms with Crippen molar-refractivity contribution < 1.29 is 0 Å². The van der Waals surface area contributed by atoms with Gasteiger partial charge in [0.15, 0.2) is 0 Å². The molecule has 0 heterocycles. The van der Waals surface area contributed by atoms with E-state index in [1.165, 1.54) is 0 Å². The molecule has 0 aromatic rings. The van der Waals surface area contributed by atoms with Crippen molar-refractivity contribution in [2.75, 3.05) is 0 Å². The Morgan fingerprint density at radius 3 is 2.00 bits per heavy atom. The van der Waals surface area contributed by atoms with E-state index in [0.717, 1.165) is 6.42 Å². The minimum atomic E-state index is 0. The molecule has 0 aromatic heterocycles. The van der Waals surface area contributed by atoms with Crippen LogP contribution in [0.5, 0.6) is 0 Å². The van der Waals surface area contributed by atoms with Crippen molar-refractivity contribution in [3.8, 4) is 0 Å². The van der Waals surface area contributed by atoms with E-state index in [1.54, 1.807) is 0 Å². The molecule has 0 aliphatic carbocycles. The van der Waals surface area contributed by atoms with Gasteiger partial charge in [-0.1, -0.05) is 6.92 Å². The van der Waals surface area contributed by atoms with Gasteiger partial charge in [0, 0.05) is 0 Å². The molecular weight excluding hydrogens is 118 g/mol.